The van der Waals surface area contributed by atoms with Crippen molar-refractivity contribution >= 4 is 39.3 Å². The summed E-state index contributed by atoms with van der Waals surface area (Å²) in [6.45, 7) is 2.85. The second kappa shape index (κ2) is 15.1. The zero-order valence-electron chi connectivity index (χ0n) is 25.2. The number of rotatable bonds is 11. The first kappa shape index (κ1) is 34.3. The molecule has 1 aliphatic heterocycles. The van der Waals surface area contributed by atoms with Gasteiger partial charge in [-0.25, -0.2) is 22.0 Å². The van der Waals surface area contributed by atoms with Gasteiger partial charge in [0.2, 0.25) is 15.9 Å². The van der Waals surface area contributed by atoms with Gasteiger partial charge in [0.25, 0.3) is 0 Å². The van der Waals surface area contributed by atoms with Crippen LogP contribution in [0.2, 0.25) is 5.02 Å². The fraction of sp³-hybridized carbons (Fsp3) is 0.375. The van der Waals surface area contributed by atoms with Crippen molar-refractivity contribution in [3.63, 3.8) is 0 Å². The van der Waals surface area contributed by atoms with Crippen LogP contribution in [0.3, 0.4) is 0 Å². The van der Waals surface area contributed by atoms with Crippen molar-refractivity contribution in [3.05, 3.63) is 100 Å². The molecule has 3 aromatic rings. The largest absolute Gasteiger partial charge is 0.453 e. The predicted octanol–water partition coefficient (Wildman–Crippen LogP) is 5.06. The molecule has 1 heterocycles. The number of carbonyl (C=O) groups is 2. The maximum absolute atomic E-state index is 15.2. The fourth-order valence-corrected chi connectivity index (χ4v) is 7.59. The molecule has 9 nitrogen and oxygen atoms in total. The number of hydrogen-bond acceptors (Lipinski definition) is 6. The van der Waals surface area contributed by atoms with E-state index in [2.05, 4.69) is 16.0 Å². The third kappa shape index (κ3) is 8.78. The van der Waals surface area contributed by atoms with Crippen LogP contribution in [0.25, 0.3) is 0 Å². The lowest BCUT2D eigenvalue weighted by Crippen LogP contribution is -2.57. The normalized spacial score (nSPS) is 18.5. The highest BCUT2D eigenvalue weighted by Gasteiger charge is 2.35. The summed E-state index contributed by atoms with van der Waals surface area (Å²) in [5.41, 5.74) is 1.33. The molecule has 0 bridgehead atoms. The van der Waals surface area contributed by atoms with Crippen molar-refractivity contribution in [1.82, 2.24) is 14.9 Å². The highest BCUT2D eigenvalue weighted by Crippen LogP contribution is 2.32. The van der Waals surface area contributed by atoms with E-state index in [-0.39, 0.29) is 29.8 Å². The minimum atomic E-state index is -3.45. The smallest absolute Gasteiger partial charge is 0.407 e. The van der Waals surface area contributed by atoms with Crippen molar-refractivity contribution in [2.24, 2.45) is 0 Å². The SMILES string of the molecule is COC(=O)N[C@H](C(=O)Nc1cccc(F)c1CCC[C@H]1CNC[C@@H](C)N1S(C)(=O)=O)[C@H](c1cccc(F)c1)c1cccc(Cl)c1. The van der Waals surface area contributed by atoms with Crippen LogP contribution >= 0.6 is 11.6 Å². The van der Waals surface area contributed by atoms with Crippen LogP contribution in [0.4, 0.5) is 19.3 Å². The number of alkyl carbamates (subject to hydrolysis) is 1. The molecule has 0 aliphatic carbocycles. The monoisotopic (exact) mass is 662 g/mol. The van der Waals surface area contributed by atoms with Crippen molar-refractivity contribution in [3.8, 4) is 0 Å². The summed E-state index contributed by atoms with van der Waals surface area (Å²) >= 11 is 6.27. The Balaban J connectivity index is 1.63. The van der Waals surface area contributed by atoms with E-state index in [1.165, 1.54) is 40.9 Å². The minimum absolute atomic E-state index is 0.191. The van der Waals surface area contributed by atoms with E-state index in [4.69, 9.17) is 16.3 Å². The Labute approximate surface area is 267 Å². The number of carbonyl (C=O) groups excluding carboxylic acids is 2. The molecule has 4 atom stereocenters. The first-order valence-electron chi connectivity index (χ1n) is 14.5. The molecule has 45 heavy (non-hydrogen) atoms. The predicted molar refractivity (Wildman–Crippen MR) is 170 cm³/mol. The Hall–Kier alpha value is -3.58. The number of piperazine rings is 1. The van der Waals surface area contributed by atoms with Crippen LogP contribution < -0.4 is 16.0 Å². The van der Waals surface area contributed by atoms with E-state index in [1.807, 2.05) is 6.92 Å². The zero-order chi connectivity index (χ0) is 32.7. The molecular formula is C32H37ClF2N4O5S. The number of anilines is 1. The average Bonchev–Trinajstić information content (AvgIpc) is 2.97. The molecule has 0 unspecified atom stereocenters. The van der Waals surface area contributed by atoms with E-state index >= 15 is 4.39 Å². The molecule has 3 aromatic carbocycles. The van der Waals surface area contributed by atoms with Crippen LogP contribution in [-0.4, -0.2) is 69.3 Å². The highest BCUT2D eigenvalue weighted by atomic mass is 35.5. The summed E-state index contributed by atoms with van der Waals surface area (Å²) in [6.07, 6.45) is 1.40. The maximum Gasteiger partial charge on any atom is 0.407 e. The summed E-state index contributed by atoms with van der Waals surface area (Å²) < 4.78 is 60.8. The van der Waals surface area contributed by atoms with Gasteiger partial charge in [-0.05, 0) is 73.7 Å². The second-order valence-electron chi connectivity index (χ2n) is 11.1. The van der Waals surface area contributed by atoms with Crippen LogP contribution in [0.15, 0.2) is 66.7 Å². The standard InChI is InChI=1S/C32H37ClF2N4O5S/c1-20-18-36-19-25(39(20)45(3,42)43)12-6-13-26-27(35)14-7-15-28(26)37-31(40)30(38-32(41)44-2)29(21-8-4-10-23(33)16-21)22-9-5-11-24(34)17-22/h4-5,7-11,14-17,20,25,29-30,36H,6,12-13,18-19H2,1-3H3,(H,37,40)(H,38,41)/t20-,25+,29+,30+/m1/s1. The number of ether oxygens (including phenoxy) is 1. The second-order valence-corrected chi connectivity index (χ2v) is 13.4. The van der Waals surface area contributed by atoms with Gasteiger partial charge in [-0.1, -0.05) is 41.9 Å². The van der Waals surface area contributed by atoms with Crippen LogP contribution in [0, 0.1) is 11.6 Å². The molecule has 13 heteroatoms. The van der Waals surface area contributed by atoms with Gasteiger partial charge < -0.3 is 20.7 Å². The van der Waals surface area contributed by atoms with Gasteiger partial charge in [0, 0.05) is 47.4 Å². The third-order valence-corrected chi connectivity index (χ3v) is 9.49. The Morgan fingerprint density at radius 2 is 1.76 bits per heavy atom. The number of hydrogen-bond donors (Lipinski definition) is 3. The molecule has 1 aliphatic rings. The Bertz CT molecular complexity index is 1580. The topological polar surface area (TPSA) is 117 Å². The number of amides is 2. The number of nitrogens with zero attached hydrogens (tertiary/aromatic N) is 1. The van der Waals surface area contributed by atoms with Crippen LogP contribution in [0.5, 0.6) is 0 Å². The summed E-state index contributed by atoms with van der Waals surface area (Å²) in [4.78, 5) is 26.5. The van der Waals surface area contributed by atoms with E-state index in [0.29, 0.717) is 42.1 Å². The molecule has 3 N–H and O–H groups in total. The maximum atomic E-state index is 15.2. The Morgan fingerprint density at radius 1 is 1.07 bits per heavy atom. The zero-order valence-corrected chi connectivity index (χ0v) is 26.8. The fourth-order valence-electron chi connectivity index (χ4n) is 5.94. The van der Waals surface area contributed by atoms with Gasteiger partial charge >= 0.3 is 6.09 Å². The van der Waals surface area contributed by atoms with Crippen LogP contribution in [0.1, 0.15) is 42.4 Å². The van der Waals surface area contributed by atoms with E-state index < -0.39 is 45.6 Å². The van der Waals surface area contributed by atoms with Gasteiger partial charge in [-0.3, -0.25) is 4.79 Å². The van der Waals surface area contributed by atoms with Gasteiger partial charge in [-0.15, -0.1) is 0 Å². The molecule has 0 radical (unpaired) electrons. The molecular weight excluding hydrogens is 626 g/mol. The molecule has 1 fully saturated rings. The van der Waals surface area contributed by atoms with Gasteiger partial charge in [0.1, 0.15) is 17.7 Å². The number of nitrogens with one attached hydrogen (secondary N) is 3. The lowest BCUT2D eigenvalue weighted by molar-refractivity contribution is -0.118. The quantitative estimate of drug-likeness (QED) is 0.264. The van der Waals surface area contributed by atoms with Gasteiger partial charge in [0.15, 0.2) is 0 Å². The minimum Gasteiger partial charge on any atom is -0.453 e. The van der Waals surface area contributed by atoms with E-state index in [0.717, 1.165) is 7.11 Å². The lowest BCUT2D eigenvalue weighted by Gasteiger charge is -2.39. The van der Waals surface area contributed by atoms with Crippen molar-refractivity contribution in [1.29, 1.82) is 0 Å². The van der Waals surface area contributed by atoms with Crippen molar-refractivity contribution < 1.29 is 31.5 Å². The molecule has 1 saturated heterocycles. The van der Waals surface area contributed by atoms with E-state index in [9.17, 15) is 22.4 Å². The summed E-state index contributed by atoms with van der Waals surface area (Å²) in [5.74, 6) is -2.69. The van der Waals surface area contributed by atoms with Gasteiger partial charge in [-0.2, -0.15) is 4.31 Å². The molecule has 0 saturated carbocycles. The summed E-state index contributed by atoms with van der Waals surface area (Å²) in [5, 5.41) is 8.95. The number of methoxy groups -OCH3 is 1. The van der Waals surface area contributed by atoms with Crippen LogP contribution in [-0.2, 0) is 26.0 Å². The molecule has 242 valence electrons. The Morgan fingerprint density at radius 3 is 2.42 bits per heavy atom. The Kier molecular flexibility index (Phi) is 11.5. The first-order valence-corrected chi connectivity index (χ1v) is 16.7. The highest BCUT2D eigenvalue weighted by molar-refractivity contribution is 7.88. The third-order valence-electron chi connectivity index (χ3n) is 7.83. The lowest BCUT2D eigenvalue weighted by atomic mass is 9.84. The van der Waals surface area contributed by atoms with Crippen molar-refractivity contribution in [2.45, 2.75) is 50.2 Å². The molecule has 4 rings (SSSR count). The molecule has 0 aromatic heterocycles. The average molecular weight is 663 g/mol. The van der Waals surface area contributed by atoms with Gasteiger partial charge in [0.05, 0.1) is 13.4 Å². The molecule has 0 spiro atoms. The first-order chi connectivity index (χ1) is 21.4. The number of halogens is 3. The summed E-state index contributed by atoms with van der Waals surface area (Å²) in [7, 11) is -2.30. The van der Waals surface area contributed by atoms with E-state index in [1.54, 1.807) is 36.4 Å². The molecule has 2 amide bonds. The summed E-state index contributed by atoms with van der Waals surface area (Å²) in [6, 6.07) is 14.7. The van der Waals surface area contributed by atoms with Crippen molar-refractivity contribution in [2.75, 3.05) is 31.8 Å². The number of benzene rings is 3. The number of sulfonamides is 1.